The number of carboxylic acids is 2. The molecule has 3 saturated heterocycles. The number of carboxylic acid groups (broad SMARTS) is 2. The largest absolute Gasteiger partial charge is 0.478 e. The number of rotatable bonds is 4. The molecular weight excluding hydrogens is 338 g/mol. The van der Waals surface area contributed by atoms with Crippen LogP contribution in [-0.2, 0) is 14.4 Å². The van der Waals surface area contributed by atoms with Gasteiger partial charge in [0.25, 0.3) is 0 Å². The first kappa shape index (κ1) is 16.7. The monoisotopic (exact) mass is 357 g/mol. The molecule has 1 spiro atoms. The van der Waals surface area contributed by atoms with Gasteiger partial charge < -0.3 is 15.1 Å². The van der Waals surface area contributed by atoms with Gasteiger partial charge >= 0.3 is 11.9 Å². The van der Waals surface area contributed by atoms with Gasteiger partial charge in [0.05, 0.1) is 11.3 Å². The molecule has 0 aromatic carbocycles. The summed E-state index contributed by atoms with van der Waals surface area (Å²) in [5.74, 6) is -2.47. The predicted molar refractivity (Wildman–Crippen MR) is 90.7 cm³/mol. The van der Waals surface area contributed by atoms with Crippen molar-refractivity contribution in [1.82, 2.24) is 9.88 Å². The lowest BCUT2D eigenvalue weighted by Crippen LogP contribution is -2.67. The van der Waals surface area contributed by atoms with Gasteiger partial charge in [0.15, 0.2) is 5.60 Å². The maximum atomic E-state index is 12.0. The number of nitrogens with zero attached hydrogens (tertiary/aromatic N) is 3. The summed E-state index contributed by atoms with van der Waals surface area (Å²) in [7, 11) is 0. The molecule has 2 N–H and O–H groups in total. The van der Waals surface area contributed by atoms with Gasteiger partial charge in [-0.15, -0.1) is 0 Å². The van der Waals surface area contributed by atoms with Crippen LogP contribution in [0.2, 0.25) is 0 Å². The zero-order chi connectivity index (χ0) is 18.4. The van der Waals surface area contributed by atoms with Crippen LogP contribution in [0, 0.1) is 5.41 Å². The average Bonchev–Trinajstić information content (AvgIpc) is 3.05. The van der Waals surface area contributed by atoms with Crippen LogP contribution in [-0.4, -0.2) is 63.0 Å². The molecule has 0 amide bonds. The van der Waals surface area contributed by atoms with Crippen LogP contribution in [0.3, 0.4) is 0 Å². The number of hydrogen-bond donors (Lipinski definition) is 2. The summed E-state index contributed by atoms with van der Waals surface area (Å²) in [5, 5.41) is 23.2. The van der Waals surface area contributed by atoms with Crippen LogP contribution in [0.4, 0.5) is 0 Å². The number of carbonyl (C=O) groups is 2. The average molecular weight is 357 g/mol. The molecule has 0 aliphatic carbocycles. The lowest BCUT2D eigenvalue weighted by atomic mass is 9.56. The van der Waals surface area contributed by atoms with Crippen molar-refractivity contribution in [1.29, 1.82) is 0 Å². The number of hydrogen-bond acceptors (Lipinski definition) is 6. The van der Waals surface area contributed by atoms with Crippen molar-refractivity contribution in [2.75, 3.05) is 19.6 Å². The molecule has 5 rings (SSSR count). The van der Waals surface area contributed by atoms with E-state index >= 15 is 0 Å². The third kappa shape index (κ3) is 2.40. The highest BCUT2D eigenvalue weighted by Gasteiger charge is 2.65. The fourth-order valence-corrected chi connectivity index (χ4v) is 4.61. The summed E-state index contributed by atoms with van der Waals surface area (Å²) >= 11 is 0. The highest BCUT2D eigenvalue weighted by atomic mass is 16.7. The fraction of sp³-hybridized carbons (Fsp3) is 0.444. The predicted octanol–water partition coefficient (Wildman–Crippen LogP) is 1.14. The van der Waals surface area contributed by atoms with E-state index in [9.17, 15) is 19.8 Å². The molecule has 4 aliphatic rings. The lowest BCUT2D eigenvalue weighted by molar-refractivity contribution is -0.181. The van der Waals surface area contributed by atoms with Crippen LogP contribution in [0.5, 0.6) is 0 Å². The van der Waals surface area contributed by atoms with E-state index in [1.54, 1.807) is 12.4 Å². The Balaban J connectivity index is 1.76. The zero-order valence-corrected chi connectivity index (χ0v) is 14.1. The molecule has 1 unspecified atom stereocenters. The Morgan fingerprint density at radius 3 is 2.65 bits per heavy atom. The molecule has 2 bridgehead atoms. The minimum Gasteiger partial charge on any atom is -0.478 e. The summed E-state index contributed by atoms with van der Waals surface area (Å²) in [4.78, 5) is 35.5. The zero-order valence-electron chi connectivity index (χ0n) is 14.1. The SMILES string of the molecule is O=C(O)/C=C(/C(=O)O)C12CCN(CC1)CC21CC(c2cccnc2)=NO1. The Kier molecular flexibility index (Phi) is 3.80. The van der Waals surface area contributed by atoms with E-state index < -0.39 is 23.0 Å². The van der Waals surface area contributed by atoms with Gasteiger partial charge in [0, 0.05) is 42.4 Å². The number of fused-ring (bicyclic) bond motifs is 2. The van der Waals surface area contributed by atoms with E-state index in [0.29, 0.717) is 31.5 Å². The van der Waals surface area contributed by atoms with Crippen LogP contribution < -0.4 is 0 Å². The van der Waals surface area contributed by atoms with Gasteiger partial charge in [-0.2, -0.15) is 0 Å². The molecule has 1 aromatic heterocycles. The van der Waals surface area contributed by atoms with E-state index in [1.807, 2.05) is 12.1 Å². The molecule has 136 valence electrons. The molecule has 1 atom stereocenters. The first-order chi connectivity index (χ1) is 12.5. The Morgan fingerprint density at radius 1 is 1.27 bits per heavy atom. The van der Waals surface area contributed by atoms with Crippen molar-refractivity contribution in [3.8, 4) is 0 Å². The highest BCUT2D eigenvalue weighted by Crippen LogP contribution is 2.57. The summed E-state index contributed by atoms with van der Waals surface area (Å²) in [5.41, 5.74) is -0.290. The number of piperidine rings is 3. The van der Waals surface area contributed by atoms with E-state index in [0.717, 1.165) is 24.7 Å². The molecule has 3 fully saturated rings. The highest BCUT2D eigenvalue weighted by molar-refractivity contribution is 6.02. The van der Waals surface area contributed by atoms with E-state index in [2.05, 4.69) is 15.0 Å². The number of pyridine rings is 1. The standard InChI is InChI=1S/C18H19N3O5/c22-15(23)8-13(16(24)25)17-3-6-21(7-4-17)11-18(17)9-14(20-26-18)12-2-1-5-19-10-12/h1-2,5,8,10H,3-4,6-7,9,11H2,(H,22,23)(H,24,25)/b13-8-. The molecule has 8 nitrogen and oxygen atoms in total. The van der Waals surface area contributed by atoms with Crippen LogP contribution in [0.1, 0.15) is 24.8 Å². The smallest absolute Gasteiger partial charge is 0.332 e. The van der Waals surface area contributed by atoms with Gasteiger partial charge in [-0.3, -0.25) is 9.88 Å². The van der Waals surface area contributed by atoms with Crippen LogP contribution in [0.15, 0.2) is 41.3 Å². The Hall–Kier alpha value is -2.74. The molecule has 26 heavy (non-hydrogen) atoms. The van der Waals surface area contributed by atoms with E-state index in [1.165, 1.54) is 0 Å². The number of aliphatic carboxylic acids is 2. The van der Waals surface area contributed by atoms with Crippen molar-refractivity contribution in [3.63, 3.8) is 0 Å². The molecule has 1 aromatic rings. The minimum atomic E-state index is -1.26. The Bertz CT molecular complexity index is 811. The quantitative estimate of drug-likeness (QED) is 0.777. The summed E-state index contributed by atoms with van der Waals surface area (Å²) in [6, 6.07) is 3.69. The summed E-state index contributed by atoms with van der Waals surface area (Å²) in [6.07, 6.45) is 5.70. The second-order valence-electron chi connectivity index (χ2n) is 7.10. The van der Waals surface area contributed by atoms with Crippen molar-refractivity contribution in [2.45, 2.75) is 24.9 Å². The molecule has 5 heterocycles. The van der Waals surface area contributed by atoms with Gasteiger partial charge in [-0.05, 0) is 38.1 Å². The molecule has 8 heteroatoms. The molecule has 0 saturated carbocycles. The van der Waals surface area contributed by atoms with Gasteiger partial charge in [0.2, 0.25) is 0 Å². The van der Waals surface area contributed by atoms with Crippen LogP contribution in [0.25, 0.3) is 0 Å². The fourth-order valence-electron chi connectivity index (χ4n) is 4.61. The van der Waals surface area contributed by atoms with E-state index in [4.69, 9.17) is 4.84 Å². The summed E-state index contributed by atoms with van der Waals surface area (Å²) in [6.45, 7) is 1.97. The second-order valence-corrected chi connectivity index (χ2v) is 7.10. The first-order valence-corrected chi connectivity index (χ1v) is 8.52. The lowest BCUT2D eigenvalue weighted by Gasteiger charge is -2.57. The van der Waals surface area contributed by atoms with Crippen molar-refractivity contribution in [2.24, 2.45) is 10.6 Å². The number of oxime groups is 1. The normalized spacial score (nSPS) is 33.0. The topological polar surface area (TPSA) is 112 Å². The molecule has 4 aliphatic heterocycles. The Labute approximate surface area is 149 Å². The van der Waals surface area contributed by atoms with Crippen molar-refractivity contribution < 1.29 is 24.6 Å². The Morgan fingerprint density at radius 2 is 2.04 bits per heavy atom. The summed E-state index contributed by atoms with van der Waals surface area (Å²) < 4.78 is 0. The van der Waals surface area contributed by atoms with Gasteiger partial charge in [-0.1, -0.05) is 5.16 Å². The van der Waals surface area contributed by atoms with Crippen molar-refractivity contribution >= 4 is 17.7 Å². The number of aromatic nitrogens is 1. The molecular formula is C18H19N3O5. The third-order valence-electron chi connectivity index (χ3n) is 5.85. The van der Waals surface area contributed by atoms with Gasteiger partial charge in [0.1, 0.15) is 0 Å². The second kappa shape index (κ2) is 5.91. The minimum absolute atomic E-state index is 0.0908. The first-order valence-electron chi connectivity index (χ1n) is 8.52. The molecule has 0 radical (unpaired) electrons. The van der Waals surface area contributed by atoms with E-state index in [-0.39, 0.29) is 5.57 Å². The third-order valence-corrected chi connectivity index (χ3v) is 5.85. The maximum absolute atomic E-state index is 12.0. The van der Waals surface area contributed by atoms with Crippen LogP contribution >= 0.6 is 0 Å². The van der Waals surface area contributed by atoms with Crippen molar-refractivity contribution in [3.05, 3.63) is 41.7 Å². The maximum Gasteiger partial charge on any atom is 0.332 e. The van der Waals surface area contributed by atoms with Gasteiger partial charge in [-0.25, -0.2) is 9.59 Å².